The molecule has 108 valence electrons. The monoisotopic (exact) mass is 274 g/mol. The summed E-state index contributed by atoms with van der Waals surface area (Å²) < 4.78 is 12.2. The van der Waals surface area contributed by atoms with Crippen LogP contribution in [0.1, 0.15) is 45.2 Å². The standard InChI is InChI=1S/C16H23BO3/c1-15(2)16(3,4)20-17(19-15)13-7-5-12-10-14(18)8-6-11(12)9-13/h5,7,9,14,18H,6,8,10H2,1-4H3. The number of hydrogen-bond acceptors (Lipinski definition) is 3. The Kier molecular flexibility index (Phi) is 3.24. The Morgan fingerprint density at radius 3 is 2.40 bits per heavy atom. The Balaban J connectivity index is 1.86. The summed E-state index contributed by atoms with van der Waals surface area (Å²) in [7, 11) is -0.294. The third kappa shape index (κ3) is 2.30. The molecule has 1 N–H and O–H groups in total. The second-order valence-electron chi connectivity index (χ2n) is 7.01. The molecule has 1 atom stereocenters. The van der Waals surface area contributed by atoms with Crippen LogP contribution < -0.4 is 5.46 Å². The van der Waals surface area contributed by atoms with Crippen LogP contribution in [0.5, 0.6) is 0 Å². The lowest BCUT2D eigenvalue weighted by molar-refractivity contribution is 0.00578. The number of hydrogen-bond donors (Lipinski definition) is 1. The van der Waals surface area contributed by atoms with Crippen LogP contribution in [0.4, 0.5) is 0 Å². The van der Waals surface area contributed by atoms with E-state index in [0.29, 0.717) is 0 Å². The fraction of sp³-hybridized carbons (Fsp3) is 0.625. The van der Waals surface area contributed by atoms with Gasteiger partial charge in [0.25, 0.3) is 0 Å². The second-order valence-corrected chi connectivity index (χ2v) is 7.01. The minimum absolute atomic E-state index is 0.190. The van der Waals surface area contributed by atoms with Gasteiger partial charge in [0.05, 0.1) is 17.3 Å². The molecule has 1 aliphatic heterocycles. The molecule has 1 aliphatic carbocycles. The molecular formula is C16H23BO3. The van der Waals surface area contributed by atoms with E-state index in [-0.39, 0.29) is 24.4 Å². The number of aryl methyl sites for hydroxylation is 1. The van der Waals surface area contributed by atoms with Crippen LogP contribution in [0, 0.1) is 0 Å². The highest BCUT2D eigenvalue weighted by Crippen LogP contribution is 2.36. The summed E-state index contributed by atoms with van der Waals surface area (Å²) in [6.45, 7) is 8.28. The second kappa shape index (κ2) is 4.59. The van der Waals surface area contributed by atoms with Gasteiger partial charge in [-0.3, -0.25) is 0 Å². The van der Waals surface area contributed by atoms with Crippen LogP contribution in [0.15, 0.2) is 18.2 Å². The Labute approximate surface area is 121 Å². The average Bonchev–Trinajstić information content (AvgIpc) is 2.58. The van der Waals surface area contributed by atoms with E-state index in [1.54, 1.807) is 0 Å². The highest BCUT2D eigenvalue weighted by Gasteiger charge is 2.51. The summed E-state index contributed by atoms with van der Waals surface area (Å²) in [5.41, 5.74) is 3.05. The van der Waals surface area contributed by atoms with Crippen LogP contribution in [0.2, 0.25) is 0 Å². The van der Waals surface area contributed by atoms with Crippen molar-refractivity contribution in [3.63, 3.8) is 0 Å². The maximum Gasteiger partial charge on any atom is 0.494 e. The van der Waals surface area contributed by atoms with E-state index in [0.717, 1.165) is 24.7 Å². The third-order valence-corrected chi connectivity index (χ3v) is 4.96. The molecule has 1 aromatic carbocycles. The van der Waals surface area contributed by atoms with Crippen molar-refractivity contribution in [3.05, 3.63) is 29.3 Å². The van der Waals surface area contributed by atoms with E-state index in [4.69, 9.17) is 9.31 Å². The van der Waals surface area contributed by atoms with Crippen molar-refractivity contribution in [1.29, 1.82) is 0 Å². The van der Waals surface area contributed by atoms with Crippen LogP contribution in [-0.2, 0) is 22.2 Å². The highest BCUT2D eigenvalue weighted by molar-refractivity contribution is 6.62. The maximum absolute atomic E-state index is 9.72. The molecular weight excluding hydrogens is 251 g/mol. The van der Waals surface area contributed by atoms with Crippen molar-refractivity contribution in [3.8, 4) is 0 Å². The molecule has 1 unspecified atom stereocenters. The molecule has 0 bridgehead atoms. The fourth-order valence-corrected chi connectivity index (χ4v) is 2.88. The molecule has 1 saturated heterocycles. The predicted molar refractivity (Wildman–Crippen MR) is 80.2 cm³/mol. The molecule has 1 fully saturated rings. The minimum atomic E-state index is -0.302. The minimum Gasteiger partial charge on any atom is -0.399 e. The van der Waals surface area contributed by atoms with Gasteiger partial charge in [0.1, 0.15) is 0 Å². The number of rotatable bonds is 1. The maximum atomic E-state index is 9.72. The molecule has 0 spiro atoms. The van der Waals surface area contributed by atoms with Crippen molar-refractivity contribution in [2.24, 2.45) is 0 Å². The van der Waals surface area contributed by atoms with Crippen molar-refractivity contribution in [2.75, 3.05) is 0 Å². The first-order valence-electron chi connectivity index (χ1n) is 7.44. The Morgan fingerprint density at radius 1 is 1.10 bits per heavy atom. The summed E-state index contributed by atoms with van der Waals surface area (Å²) in [5, 5.41) is 9.72. The first kappa shape index (κ1) is 14.1. The zero-order valence-corrected chi connectivity index (χ0v) is 12.8. The van der Waals surface area contributed by atoms with E-state index in [1.807, 2.05) is 0 Å². The van der Waals surface area contributed by atoms with E-state index in [2.05, 4.69) is 45.9 Å². The van der Waals surface area contributed by atoms with Crippen molar-refractivity contribution in [1.82, 2.24) is 0 Å². The van der Waals surface area contributed by atoms with E-state index >= 15 is 0 Å². The number of aliphatic hydroxyl groups is 1. The summed E-state index contributed by atoms with van der Waals surface area (Å²) >= 11 is 0. The molecule has 4 heteroatoms. The van der Waals surface area contributed by atoms with Gasteiger partial charge < -0.3 is 14.4 Å². The van der Waals surface area contributed by atoms with Crippen molar-refractivity contribution >= 4 is 12.6 Å². The highest BCUT2D eigenvalue weighted by atomic mass is 16.7. The summed E-state index contributed by atoms with van der Waals surface area (Å²) in [6, 6.07) is 6.36. The third-order valence-electron chi connectivity index (χ3n) is 4.96. The molecule has 1 heterocycles. The summed E-state index contributed by atoms with van der Waals surface area (Å²) in [5.74, 6) is 0. The first-order valence-corrected chi connectivity index (χ1v) is 7.44. The van der Waals surface area contributed by atoms with Gasteiger partial charge >= 0.3 is 7.12 Å². The van der Waals surface area contributed by atoms with Gasteiger partial charge in [-0.15, -0.1) is 0 Å². The SMILES string of the molecule is CC1(C)OB(c2ccc3c(c2)CCC(O)C3)OC1(C)C. The molecule has 0 aromatic heterocycles. The zero-order chi connectivity index (χ0) is 14.5. The predicted octanol–water partition coefficient (Wildman–Crippen LogP) is 1.84. The Hall–Kier alpha value is -0.835. The van der Waals surface area contributed by atoms with Gasteiger partial charge in [0, 0.05) is 0 Å². The van der Waals surface area contributed by atoms with Crippen LogP contribution in [0.25, 0.3) is 0 Å². The van der Waals surface area contributed by atoms with Gasteiger partial charge in [-0.05, 0) is 63.5 Å². The smallest absolute Gasteiger partial charge is 0.399 e. The molecule has 0 radical (unpaired) electrons. The summed E-state index contributed by atoms with van der Waals surface area (Å²) in [6.07, 6.45) is 2.35. The average molecular weight is 274 g/mol. The topological polar surface area (TPSA) is 38.7 Å². The van der Waals surface area contributed by atoms with Crippen LogP contribution in [0.3, 0.4) is 0 Å². The molecule has 2 aliphatic rings. The zero-order valence-electron chi connectivity index (χ0n) is 12.8. The van der Waals surface area contributed by atoms with Gasteiger partial charge in [0.2, 0.25) is 0 Å². The van der Waals surface area contributed by atoms with Gasteiger partial charge in [0.15, 0.2) is 0 Å². The summed E-state index contributed by atoms with van der Waals surface area (Å²) in [4.78, 5) is 0. The van der Waals surface area contributed by atoms with Gasteiger partial charge in [-0.2, -0.15) is 0 Å². The molecule has 3 nitrogen and oxygen atoms in total. The van der Waals surface area contributed by atoms with Crippen LogP contribution >= 0.6 is 0 Å². The van der Waals surface area contributed by atoms with E-state index < -0.39 is 0 Å². The normalized spacial score (nSPS) is 27.4. The Bertz CT molecular complexity index is 508. The van der Waals surface area contributed by atoms with E-state index in [9.17, 15) is 5.11 Å². The lowest BCUT2D eigenvalue weighted by Gasteiger charge is -2.32. The quantitative estimate of drug-likeness (QED) is 0.794. The largest absolute Gasteiger partial charge is 0.494 e. The lowest BCUT2D eigenvalue weighted by atomic mass is 9.76. The molecule has 3 rings (SSSR count). The molecule has 20 heavy (non-hydrogen) atoms. The number of benzene rings is 1. The van der Waals surface area contributed by atoms with Crippen LogP contribution in [-0.4, -0.2) is 29.5 Å². The fourth-order valence-electron chi connectivity index (χ4n) is 2.88. The number of aliphatic hydroxyl groups excluding tert-OH is 1. The lowest BCUT2D eigenvalue weighted by Crippen LogP contribution is -2.41. The van der Waals surface area contributed by atoms with E-state index in [1.165, 1.54) is 11.1 Å². The Morgan fingerprint density at radius 2 is 1.75 bits per heavy atom. The molecule has 1 aromatic rings. The van der Waals surface area contributed by atoms with Crippen molar-refractivity contribution in [2.45, 2.75) is 64.3 Å². The molecule has 0 amide bonds. The van der Waals surface area contributed by atoms with Gasteiger partial charge in [-0.1, -0.05) is 18.2 Å². The number of fused-ring (bicyclic) bond motifs is 1. The first-order chi connectivity index (χ1) is 9.28. The van der Waals surface area contributed by atoms with Crippen molar-refractivity contribution < 1.29 is 14.4 Å². The molecule has 0 saturated carbocycles. The van der Waals surface area contributed by atoms with Gasteiger partial charge in [-0.25, -0.2) is 0 Å².